The summed E-state index contributed by atoms with van der Waals surface area (Å²) in [6.07, 6.45) is 0. The lowest BCUT2D eigenvalue weighted by molar-refractivity contribution is 0.926. The Morgan fingerprint density at radius 2 is 1.70 bits per heavy atom. The quantitative estimate of drug-likeness (QED) is 0.822. The monoisotopic (exact) mass is 282 g/mol. The molecule has 20 heavy (non-hydrogen) atoms. The molecule has 2 aromatic rings. The third kappa shape index (κ3) is 3.93. The average molecular weight is 282 g/mol. The summed E-state index contributed by atoms with van der Waals surface area (Å²) in [5.74, 6) is 0. The third-order valence-electron chi connectivity index (χ3n) is 2.93. The molecule has 2 nitrogen and oxygen atoms in total. The Hall–Kier alpha value is -2.13. The number of allylic oxidation sites excluding steroid dienone is 1. The van der Waals surface area contributed by atoms with Crippen LogP contribution in [0.5, 0.6) is 0 Å². The number of hydrogen-bond acceptors (Lipinski definition) is 1. The van der Waals surface area contributed by atoms with Crippen LogP contribution < -0.4 is 10.6 Å². The van der Waals surface area contributed by atoms with E-state index in [-0.39, 0.29) is 0 Å². The van der Waals surface area contributed by atoms with Gasteiger partial charge < -0.3 is 10.6 Å². The highest BCUT2D eigenvalue weighted by Crippen LogP contribution is 2.21. The Morgan fingerprint density at radius 1 is 1.05 bits per heavy atom. The molecule has 0 radical (unpaired) electrons. The Labute approximate surface area is 125 Å². The summed E-state index contributed by atoms with van der Waals surface area (Å²) in [7, 11) is 0. The van der Waals surface area contributed by atoms with Gasteiger partial charge in [0, 0.05) is 17.8 Å². The maximum atomic E-state index is 5.33. The zero-order valence-electron chi connectivity index (χ0n) is 11.5. The normalized spacial score (nSPS) is 9.85. The van der Waals surface area contributed by atoms with Crippen LogP contribution in [-0.4, -0.2) is 5.11 Å². The maximum Gasteiger partial charge on any atom is 0.171 e. The predicted octanol–water partition coefficient (Wildman–Crippen LogP) is 4.21. The lowest BCUT2D eigenvalue weighted by Gasteiger charge is -2.14. The van der Waals surface area contributed by atoms with E-state index in [2.05, 4.69) is 29.3 Å². The highest BCUT2D eigenvalue weighted by atomic mass is 32.1. The average Bonchev–Trinajstić information content (AvgIpc) is 2.46. The van der Waals surface area contributed by atoms with E-state index in [1.807, 2.05) is 49.4 Å². The molecule has 2 N–H and O–H groups in total. The first-order valence-electron chi connectivity index (χ1n) is 6.50. The van der Waals surface area contributed by atoms with E-state index < -0.39 is 0 Å². The summed E-state index contributed by atoms with van der Waals surface area (Å²) in [4.78, 5) is 0. The number of nitrogens with one attached hydrogen (secondary N) is 2. The largest absolute Gasteiger partial charge is 0.358 e. The maximum absolute atomic E-state index is 5.33. The second kappa shape index (κ2) is 6.87. The minimum absolute atomic E-state index is 0.613. The van der Waals surface area contributed by atoms with Crippen molar-refractivity contribution in [3.8, 4) is 0 Å². The lowest BCUT2D eigenvalue weighted by Crippen LogP contribution is -2.28. The van der Waals surface area contributed by atoms with Crippen molar-refractivity contribution >= 4 is 28.6 Å². The number of rotatable bonds is 4. The minimum Gasteiger partial charge on any atom is -0.358 e. The minimum atomic E-state index is 0.613. The summed E-state index contributed by atoms with van der Waals surface area (Å²) in [6, 6.07) is 18.2. The van der Waals surface area contributed by atoms with Crippen molar-refractivity contribution in [2.45, 2.75) is 13.5 Å². The number of thiocarbonyl (C=S) groups is 1. The Kier molecular flexibility index (Phi) is 4.91. The Balaban J connectivity index is 1.97. The van der Waals surface area contributed by atoms with Crippen LogP contribution in [0.1, 0.15) is 18.1 Å². The number of benzene rings is 2. The van der Waals surface area contributed by atoms with Crippen molar-refractivity contribution in [3.05, 3.63) is 72.3 Å². The van der Waals surface area contributed by atoms with Crippen molar-refractivity contribution < 1.29 is 0 Å². The van der Waals surface area contributed by atoms with Gasteiger partial charge in [0.05, 0.1) is 0 Å². The van der Waals surface area contributed by atoms with Gasteiger partial charge in [-0.05, 0) is 36.3 Å². The molecule has 102 valence electrons. The van der Waals surface area contributed by atoms with Gasteiger partial charge in [0.2, 0.25) is 0 Å². The van der Waals surface area contributed by atoms with Crippen molar-refractivity contribution in [1.82, 2.24) is 5.32 Å². The van der Waals surface area contributed by atoms with Crippen LogP contribution in [0, 0.1) is 0 Å². The summed E-state index contributed by atoms with van der Waals surface area (Å²) in [5, 5.41) is 7.04. The number of anilines is 1. The van der Waals surface area contributed by atoms with Gasteiger partial charge >= 0.3 is 0 Å². The molecule has 0 spiro atoms. The van der Waals surface area contributed by atoms with Crippen LogP contribution in [0.15, 0.2) is 61.2 Å². The second-order valence-electron chi connectivity index (χ2n) is 4.62. The van der Waals surface area contributed by atoms with Crippen molar-refractivity contribution in [1.29, 1.82) is 0 Å². The molecule has 0 aliphatic carbocycles. The molecular weight excluding hydrogens is 264 g/mol. The van der Waals surface area contributed by atoms with Gasteiger partial charge in [-0.15, -0.1) is 0 Å². The van der Waals surface area contributed by atoms with Gasteiger partial charge in [-0.3, -0.25) is 0 Å². The van der Waals surface area contributed by atoms with Gasteiger partial charge in [-0.25, -0.2) is 0 Å². The van der Waals surface area contributed by atoms with Crippen molar-refractivity contribution in [3.63, 3.8) is 0 Å². The molecule has 2 rings (SSSR count). The van der Waals surface area contributed by atoms with Crippen LogP contribution in [0.2, 0.25) is 0 Å². The predicted molar refractivity (Wildman–Crippen MR) is 90.7 cm³/mol. The van der Waals surface area contributed by atoms with Crippen molar-refractivity contribution in [2.75, 3.05) is 5.32 Å². The standard InChI is InChI=1S/C17H18N2S/c1-13(2)15-10-6-7-11-16(15)19-17(20)18-12-14-8-4-3-5-9-14/h3-11H,1,12H2,2H3,(H2,18,19,20). The molecule has 0 aliphatic rings. The summed E-state index contributed by atoms with van der Waals surface area (Å²) in [6.45, 7) is 6.68. The highest BCUT2D eigenvalue weighted by molar-refractivity contribution is 7.80. The summed E-state index contributed by atoms with van der Waals surface area (Å²) < 4.78 is 0. The van der Waals surface area contributed by atoms with E-state index in [0.717, 1.165) is 16.8 Å². The van der Waals surface area contributed by atoms with E-state index in [0.29, 0.717) is 11.7 Å². The molecule has 0 atom stereocenters. The zero-order valence-corrected chi connectivity index (χ0v) is 12.3. The molecule has 2 aromatic carbocycles. The van der Waals surface area contributed by atoms with Gasteiger partial charge in [-0.1, -0.05) is 55.1 Å². The highest BCUT2D eigenvalue weighted by Gasteiger charge is 2.04. The van der Waals surface area contributed by atoms with Crippen LogP contribution >= 0.6 is 12.2 Å². The number of hydrogen-bond donors (Lipinski definition) is 2. The Morgan fingerprint density at radius 3 is 2.40 bits per heavy atom. The molecule has 0 saturated carbocycles. The topological polar surface area (TPSA) is 24.1 Å². The van der Waals surface area contributed by atoms with Crippen LogP contribution in [-0.2, 0) is 6.54 Å². The van der Waals surface area contributed by atoms with Crippen molar-refractivity contribution in [2.24, 2.45) is 0 Å². The molecule has 0 aromatic heterocycles. The van der Waals surface area contributed by atoms with Crippen LogP contribution in [0.4, 0.5) is 5.69 Å². The van der Waals surface area contributed by atoms with Gasteiger partial charge in [-0.2, -0.15) is 0 Å². The fourth-order valence-corrected chi connectivity index (χ4v) is 2.09. The van der Waals surface area contributed by atoms with E-state index in [1.165, 1.54) is 5.56 Å². The molecule has 0 saturated heterocycles. The first-order chi connectivity index (χ1) is 9.66. The fourth-order valence-electron chi connectivity index (χ4n) is 1.91. The third-order valence-corrected chi connectivity index (χ3v) is 3.18. The summed E-state index contributed by atoms with van der Waals surface area (Å²) >= 11 is 5.33. The summed E-state index contributed by atoms with van der Waals surface area (Å²) in [5.41, 5.74) is 4.27. The van der Waals surface area contributed by atoms with Gasteiger partial charge in [0.15, 0.2) is 5.11 Å². The SMILES string of the molecule is C=C(C)c1ccccc1NC(=S)NCc1ccccc1. The molecule has 0 heterocycles. The first-order valence-corrected chi connectivity index (χ1v) is 6.91. The van der Waals surface area contributed by atoms with E-state index in [4.69, 9.17) is 12.2 Å². The molecule has 0 amide bonds. The molecule has 0 bridgehead atoms. The number of para-hydroxylation sites is 1. The van der Waals surface area contributed by atoms with Crippen LogP contribution in [0.3, 0.4) is 0 Å². The lowest BCUT2D eigenvalue weighted by atomic mass is 10.1. The second-order valence-corrected chi connectivity index (χ2v) is 5.03. The van der Waals surface area contributed by atoms with E-state index in [1.54, 1.807) is 0 Å². The van der Waals surface area contributed by atoms with Gasteiger partial charge in [0.1, 0.15) is 0 Å². The smallest absolute Gasteiger partial charge is 0.171 e. The van der Waals surface area contributed by atoms with Gasteiger partial charge in [0.25, 0.3) is 0 Å². The van der Waals surface area contributed by atoms with E-state index in [9.17, 15) is 0 Å². The Bertz CT molecular complexity index is 605. The molecule has 0 unspecified atom stereocenters. The molecule has 3 heteroatoms. The molecule has 0 aliphatic heterocycles. The van der Waals surface area contributed by atoms with E-state index >= 15 is 0 Å². The zero-order chi connectivity index (χ0) is 14.4. The fraction of sp³-hybridized carbons (Fsp3) is 0.118. The molecular formula is C17H18N2S. The molecule has 0 fully saturated rings. The first kappa shape index (κ1) is 14.3. The van der Waals surface area contributed by atoms with Crippen LogP contribution in [0.25, 0.3) is 5.57 Å².